The monoisotopic (exact) mass is 477 g/mol. The molecule has 3 rings (SSSR count). The summed E-state index contributed by atoms with van der Waals surface area (Å²) in [6, 6.07) is 7.77. The second-order valence-electron chi connectivity index (χ2n) is 6.36. The Hall–Kier alpha value is -3.56. The number of benzene rings is 2. The highest BCUT2D eigenvalue weighted by molar-refractivity contribution is 6.39. The zero-order valence-corrected chi connectivity index (χ0v) is 18.0. The Morgan fingerprint density at radius 1 is 1.12 bits per heavy atom. The third kappa shape index (κ3) is 5.01. The van der Waals surface area contributed by atoms with E-state index in [-0.39, 0.29) is 40.0 Å². The lowest BCUT2D eigenvalue weighted by atomic mass is 10.1. The minimum Gasteiger partial charge on any atom is -0.546 e. The number of hydrogen-bond acceptors (Lipinski definition) is 7. The van der Waals surface area contributed by atoms with E-state index in [1.807, 2.05) is 0 Å². The van der Waals surface area contributed by atoms with Gasteiger partial charge in [-0.15, -0.1) is 0 Å². The number of rotatable bonds is 7. The van der Waals surface area contributed by atoms with Gasteiger partial charge in [0.25, 0.3) is 11.8 Å². The molecule has 2 aromatic carbocycles. The van der Waals surface area contributed by atoms with Crippen molar-refractivity contribution < 1.29 is 33.8 Å². The van der Waals surface area contributed by atoms with Gasteiger partial charge in [-0.05, 0) is 55.0 Å². The van der Waals surface area contributed by atoms with E-state index in [0.717, 1.165) is 4.90 Å². The quantitative estimate of drug-likeness (QED) is 0.478. The average Bonchev–Trinajstić information content (AvgIpc) is 2.72. The van der Waals surface area contributed by atoms with Gasteiger partial charge in [0.05, 0.1) is 23.3 Å². The minimum absolute atomic E-state index is 0.0154. The number of urea groups is 1. The van der Waals surface area contributed by atoms with Crippen LogP contribution in [0, 0.1) is 0 Å². The van der Waals surface area contributed by atoms with Crippen molar-refractivity contribution in [3.63, 3.8) is 0 Å². The second-order valence-corrected chi connectivity index (χ2v) is 7.20. The van der Waals surface area contributed by atoms with E-state index in [2.05, 4.69) is 5.32 Å². The summed E-state index contributed by atoms with van der Waals surface area (Å²) in [5.41, 5.74) is 0.166. The largest absolute Gasteiger partial charge is 0.546 e. The maximum Gasteiger partial charge on any atom is 0.335 e. The molecular weight excluding hydrogens is 463 g/mol. The van der Waals surface area contributed by atoms with Crippen molar-refractivity contribution >= 4 is 58.8 Å². The number of anilines is 1. The van der Waals surface area contributed by atoms with Crippen molar-refractivity contribution in [2.45, 2.75) is 6.92 Å². The molecule has 32 heavy (non-hydrogen) atoms. The highest BCUT2D eigenvalue weighted by Gasteiger charge is 2.36. The van der Waals surface area contributed by atoms with Crippen molar-refractivity contribution in [2.24, 2.45) is 0 Å². The Kier molecular flexibility index (Phi) is 7.01. The summed E-state index contributed by atoms with van der Waals surface area (Å²) in [5, 5.41) is 13.2. The van der Waals surface area contributed by atoms with E-state index < -0.39 is 30.4 Å². The first-order valence-electron chi connectivity index (χ1n) is 9.17. The molecule has 0 spiro atoms. The molecule has 166 valence electrons. The lowest BCUT2D eigenvalue weighted by Crippen LogP contribution is -2.54. The first-order chi connectivity index (χ1) is 15.2. The van der Waals surface area contributed by atoms with Crippen LogP contribution in [0.4, 0.5) is 10.5 Å². The molecule has 1 aliphatic rings. The molecule has 0 unspecified atom stereocenters. The van der Waals surface area contributed by atoms with Gasteiger partial charge in [-0.25, -0.2) is 9.69 Å². The van der Waals surface area contributed by atoms with E-state index >= 15 is 0 Å². The molecule has 0 aliphatic carbocycles. The van der Waals surface area contributed by atoms with Crippen molar-refractivity contribution in [3.05, 3.63) is 57.6 Å². The standard InChI is InChI=1S/C21H16Cl2N2O7/c1-2-31-16-9-11(8-15(23)18(16)32-10-17(26)27)7-14-19(28)24-21(30)25(20(14)29)13-5-3-12(22)4-6-13/h3-9H,2,10H2,1H3,(H,26,27)(H,24,28,30)/p-1/b14-7-. The Morgan fingerprint density at radius 3 is 2.44 bits per heavy atom. The maximum atomic E-state index is 13.0. The number of halogens is 2. The summed E-state index contributed by atoms with van der Waals surface area (Å²) in [6.45, 7) is 1.14. The number of aliphatic carboxylic acids is 1. The fourth-order valence-electron chi connectivity index (χ4n) is 2.85. The summed E-state index contributed by atoms with van der Waals surface area (Å²) in [5.74, 6) is -3.13. The van der Waals surface area contributed by atoms with Gasteiger partial charge in [-0.3, -0.25) is 14.9 Å². The van der Waals surface area contributed by atoms with E-state index in [9.17, 15) is 24.3 Å². The molecule has 0 bridgehead atoms. The molecule has 2 aromatic rings. The van der Waals surface area contributed by atoms with E-state index in [1.165, 1.54) is 42.5 Å². The molecule has 0 saturated carbocycles. The third-order valence-corrected chi connectivity index (χ3v) is 4.70. The molecule has 0 atom stereocenters. The lowest BCUT2D eigenvalue weighted by molar-refractivity contribution is -0.307. The van der Waals surface area contributed by atoms with Crippen LogP contribution >= 0.6 is 23.2 Å². The van der Waals surface area contributed by atoms with Crippen molar-refractivity contribution in [1.29, 1.82) is 0 Å². The number of imide groups is 2. The molecule has 1 saturated heterocycles. The maximum absolute atomic E-state index is 13.0. The normalized spacial score (nSPS) is 15.0. The Balaban J connectivity index is 2.00. The number of nitrogens with one attached hydrogen (secondary N) is 1. The van der Waals surface area contributed by atoms with Crippen LogP contribution in [0.15, 0.2) is 42.0 Å². The van der Waals surface area contributed by atoms with Gasteiger partial charge >= 0.3 is 6.03 Å². The van der Waals surface area contributed by atoms with Crippen LogP contribution in [-0.2, 0) is 14.4 Å². The zero-order chi connectivity index (χ0) is 23.4. The van der Waals surface area contributed by atoms with Gasteiger partial charge < -0.3 is 19.4 Å². The molecule has 1 aliphatic heterocycles. The summed E-state index contributed by atoms with van der Waals surface area (Å²) >= 11 is 12.0. The van der Waals surface area contributed by atoms with Gasteiger partial charge in [-0.1, -0.05) is 23.2 Å². The second kappa shape index (κ2) is 9.71. The number of amides is 4. The molecule has 0 aromatic heterocycles. The topological polar surface area (TPSA) is 125 Å². The number of barbiturate groups is 1. The number of carboxylic acid groups (broad SMARTS) is 1. The summed E-state index contributed by atoms with van der Waals surface area (Å²) in [7, 11) is 0. The number of carboxylic acids is 1. The van der Waals surface area contributed by atoms with Crippen LogP contribution in [0.1, 0.15) is 12.5 Å². The Bertz CT molecular complexity index is 1130. The van der Waals surface area contributed by atoms with E-state index in [0.29, 0.717) is 5.02 Å². The summed E-state index contributed by atoms with van der Waals surface area (Å²) in [6.07, 6.45) is 1.23. The zero-order valence-electron chi connectivity index (χ0n) is 16.5. The van der Waals surface area contributed by atoms with Gasteiger partial charge in [0.15, 0.2) is 11.5 Å². The van der Waals surface area contributed by atoms with Crippen molar-refractivity contribution in [2.75, 3.05) is 18.1 Å². The molecule has 1 heterocycles. The highest BCUT2D eigenvalue weighted by Crippen LogP contribution is 2.37. The smallest absolute Gasteiger partial charge is 0.335 e. The predicted octanol–water partition coefficient (Wildman–Crippen LogP) is 2.19. The average molecular weight is 478 g/mol. The predicted molar refractivity (Wildman–Crippen MR) is 114 cm³/mol. The number of hydrogen-bond donors (Lipinski definition) is 1. The third-order valence-electron chi connectivity index (χ3n) is 4.16. The first kappa shape index (κ1) is 23.1. The van der Waals surface area contributed by atoms with Crippen LogP contribution in [0.2, 0.25) is 10.0 Å². The van der Waals surface area contributed by atoms with Crippen molar-refractivity contribution in [3.8, 4) is 11.5 Å². The molecular formula is C21H15Cl2N2O7-. The van der Waals surface area contributed by atoms with Crippen LogP contribution in [0.3, 0.4) is 0 Å². The summed E-state index contributed by atoms with van der Waals surface area (Å²) < 4.78 is 10.6. The van der Waals surface area contributed by atoms with Crippen LogP contribution in [-0.4, -0.2) is 37.0 Å². The summed E-state index contributed by atoms with van der Waals surface area (Å²) in [4.78, 5) is 49.1. The van der Waals surface area contributed by atoms with Crippen molar-refractivity contribution in [1.82, 2.24) is 5.32 Å². The van der Waals surface area contributed by atoms with Crippen LogP contribution in [0.5, 0.6) is 11.5 Å². The molecule has 1 fully saturated rings. The lowest BCUT2D eigenvalue weighted by Gasteiger charge is -2.26. The molecule has 0 radical (unpaired) electrons. The SMILES string of the molecule is CCOc1cc(/C=C2/C(=O)NC(=O)N(c3ccc(Cl)cc3)C2=O)cc(Cl)c1OCC(=O)[O-]. The Morgan fingerprint density at radius 2 is 1.81 bits per heavy atom. The Labute approximate surface area is 192 Å². The first-order valence-corrected chi connectivity index (χ1v) is 9.93. The minimum atomic E-state index is -1.45. The van der Waals surface area contributed by atoms with Gasteiger partial charge in [-0.2, -0.15) is 0 Å². The van der Waals surface area contributed by atoms with Crippen LogP contribution < -0.4 is 24.8 Å². The fraction of sp³-hybridized carbons (Fsp3) is 0.143. The van der Waals surface area contributed by atoms with Gasteiger partial charge in [0.2, 0.25) is 0 Å². The van der Waals surface area contributed by atoms with E-state index in [4.69, 9.17) is 32.7 Å². The van der Waals surface area contributed by atoms with Crippen LogP contribution in [0.25, 0.3) is 6.08 Å². The van der Waals surface area contributed by atoms with Gasteiger partial charge in [0.1, 0.15) is 12.2 Å². The van der Waals surface area contributed by atoms with E-state index in [1.54, 1.807) is 6.92 Å². The van der Waals surface area contributed by atoms with Gasteiger partial charge in [0, 0.05) is 5.02 Å². The molecule has 1 N–H and O–H groups in total. The number of nitrogens with zero attached hydrogens (tertiary/aromatic N) is 1. The highest BCUT2D eigenvalue weighted by atomic mass is 35.5. The fourth-order valence-corrected chi connectivity index (χ4v) is 3.25. The number of ether oxygens (including phenoxy) is 2. The number of carbonyl (C=O) groups excluding carboxylic acids is 4. The molecule has 9 nitrogen and oxygen atoms in total. The molecule has 4 amide bonds. The number of carbonyl (C=O) groups is 4. The molecule has 11 heteroatoms.